The SMILES string of the molecule is CN(C)c1ccc([C@H](CNC(=O)C(=O)Nc2ccc(F)cc2F)N(C)C)cc1. The first-order valence-corrected chi connectivity index (χ1v) is 8.67. The monoisotopic (exact) mass is 390 g/mol. The minimum absolute atomic E-state index is 0.157. The van der Waals surface area contributed by atoms with E-state index in [1.165, 1.54) is 0 Å². The summed E-state index contributed by atoms with van der Waals surface area (Å²) in [6.07, 6.45) is 0. The van der Waals surface area contributed by atoms with E-state index in [4.69, 9.17) is 0 Å². The number of halogens is 2. The summed E-state index contributed by atoms with van der Waals surface area (Å²) in [5.74, 6) is -3.64. The van der Waals surface area contributed by atoms with Gasteiger partial charge in [-0.2, -0.15) is 0 Å². The van der Waals surface area contributed by atoms with Gasteiger partial charge in [0, 0.05) is 32.4 Å². The van der Waals surface area contributed by atoms with Gasteiger partial charge in [-0.15, -0.1) is 0 Å². The molecule has 0 aliphatic rings. The van der Waals surface area contributed by atoms with Crippen LogP contribution < -0.4 is 15.5 Å². The molecule has 0 aliphatic carbocycles. The number of amides is 2. The van der Waals surface area contributed by atoms with Crippen molar-refractivity contribution in [2.45, 2.75) is 6.04 Å². The molecule has 0 saturated carbocycles. The Bertz CT molecular complexity index is 839. The van der Waals surface area contributed by atoms with Gasteiger partial charge in [-0.3, -0.25) is 9.59 Å². The smallest absolute Gasteiger partial charge is 0.313 e. The Morgan fingerprint density at radius 2 is 1.61 bits per heavy atom. The van der Waals surface area contributed by atoms with Gasteiger partial charge in [0.1, 0.15) is 11.6 Å². The largest absolute Gasteiger partial charge is 0.378 e. The molecule has 0 bridgehead atoms. The molecule has 0 fully saturated rings. The molecular weight excluding hydrogens is 366 g/mol. The molecule has 2 aromatic rings. The zero-order valence-electron chi connectivity index (χ0n) is 16.3. The van der Waals surface area contributed by atoms with Crippen LogP contribution in [0.25, 0.3) is 0 Å². The summed E-state index contributed by atoms with van der Waals surface area (Å²) in [7, 11) is 7.62. The quantitative estimate of drug-likeness (QED) is 0.744. The summed E-state index contributed by atoms with van der Waals surface area (Å²) >= 11 is 0. The van der Waals surface area contributed by atoms with E-state index in [2.05, 4.69) is 10.6 Å². The second-order valence-electron chi connectivity index (χ2n) is 6.75. The van der Waals surface area contributed by atoms with Gasteiger partial charge in [0.2, 0.25) is 0 Å². The van der Waals surface area contributed by atoms with Crippen molar-refractivity contribution >= 4 is 23.2 Å². The van der Waals surface area contributed by atoms with Crippen molar-refractivity contribution in [1.29, 1.82) is 0 Å². The standard InChI is InChI=1S/C20H24F2N4O2/c1-25(2)15-8-5-13(6-9-15)18(26(3)4)12-23-19(27)20(28)24-17-10-7-14(21)11-16(17)22/h5-11,18H,12H2,1-4H3,(H,23,27)(H,24,28)/t18-/m0/s1. The first kappa shape index (κ1) is 21.3. The Labute approximate surface area is 163 Å². The highest BCUT2D eigenvalue weighted by Gasteiger charge is 2.20. The molecule has 8 heteroatoms. The van der Waals surface area contributed by atoms with Crippen LogP contribution in [0.15, 0.2) is 42.5 Å². The topological polar surface area (TPSA) is 64.7 Å². The summed E-state index contributed by atoms with van der Waals surface area (Å²) in [5.41, 5.74) is 1.76. The third-order valence-corrected chi connectivity index (χ3v) is 4.26. The number of hydrogen-bond donors (Lipinski definition) is 2. The van der Waals surface area contributed by atoms with E-state index in [0.29, 0.717) is 6.07 Å². The van der Waals surface area contributed by atoms with Crippen LogP contribution in [0, 0.1) is 11.6 Å². The molecule has 0 spiro atoms. The Balaban J connectivity index is 2.00. The second kappa shape index (κ2) is 9.27. The number of rotatable bonds is 6. The van der Waals surface area contributed by atoms with Gasteiger partial charge in [-0.05, 0) is 43.9 Å². The van der Waals surface area contributed by atoms with E-state index in [1.54, 1.807) is 0 Å². The zero-order valence-corrected chi connectivity index (χ0v) is 16.3. The molecule has 28 heavy (non-hydrogen) atoms. The Morgan fingerprint density at radius 1 is 0.964 bits per heavy atom. The summed E-state index contributed by atoms with van der Waals surface area (Å²) < 4.78 is 26.5. The number of likely N-dealkylation sites (N-methyl/N-ethyl adjacent to an activating group) is 1. The maximum atomic E-state index is 13.6. The van der Waals surface area contributed by atoms with Crippen molar-refractivity contribution < 1.29 is 18.4 Å². The van der Waals surface area contributed by atoms with Gasteiger partial charge in [-0.25, -0.2) is 8.78 Å². The normalized spacial score (nSPS) is 11.8. The lowest BCUT2D eigenvalue weighted by atomic mass is 10.1. The van der Waals surface area contributed by atoms with Crippen LogP contribution >= 0.6 is 0 Å². The fourth-order valence-electron chi connectivity index (χ4n) is 2.63. The van der Waals surface area contributed by atoms with Gasteiger partial charge in [0.15, 0.2) is 0 Å². The molecule has 2 rings (SSSR count). The van der Waals surface area contributed by atoms with Crippen molar-refractivity contribution in [2.75, 3.05) is 45.0 Å². The average molecular weight is 390 g/mol. The van der Waals surface area contributed by atoms with Crippen molar-refractivity contribution in [3.05, 3.63) is 59.7 Å². The number of anilines is 2. The number of nitrogens with zero attached hydrogens (tertiary/aromatic N) is 2. The highest BCUT2D eigenvalue weighted by molar-refractivity contribution is 6.39. The lowest BCUT2D eigenvalue weighted by molar-refractivity contribution is -0.136. The van der Waals surface area contributed by atoms with E-state index in [0.717, 1.165) is 23.4 Å². The number of nitrogens with one attached hydrogen (secondary N) is 2. The lowest BCUT2D eigenvalue weighted by Crippen LogP contribution is -2.40. The van der Waals surface area contributed by atoms with Gasteiger partial charge in [0.05, 0.1) is 11.7 Å². The summed E-state index contributed by atoms with van der Waals surface area (Å²) in [6.45, 7) is 0.187. The lowest BCUT2D eigenvalue weighted by Gasteiger charge is -2.25. The van der Waals surface area contributed by atoms with Crippen LogP contribution in [-0.2, 0) is 9.59 Å². The Kier molecular flexibility index (Phi) is 7.06. The van der Waals surface area contributed by atoms with Crippen molar-refractivity contribution in [3.8, 4) is 0 Å². The molecule has 150 valence electrons. The molecule has 2 aromatic carbocycles. The number of carbonyl (C=O) groups excluding carboxylic acids is 2. The fourth-order valence-corrected chi connectivity index (χ4v) is 2.63. The van der Waals surface area contributed by atoms with Crippen molar-refractivity contribution in [1.82, 2.24) is 10.2 Å². The van der Waals surface area contributed by atoms with Crippen LogP contribution in [0.1, 0.15) is 11.6 Å². The van der Waals surface area contributed by atoms with Crippen molar-refractivity contribution in [2.24, 2.45) is 0 Å². The number of hydrogen-bond acceptors (Lipinski definition) is 4. The number of benzene rings is 2. The third kappa shape index (κ3) is 5.50. The van der Waals surface area contributed by atoms with Crippen LogP contribution in [0.3, 0.4) is 0 Å². The van der Waals surface area contributed by atoms with E-state index in [-0.39, 0.29) is 18.3 Å². The van der Waals surface area contributed by atoms with Crippen LogP contribution in [0.5, 0.6) is 0 Å². The maximum Gasteiger partial charge on any atom is 0.313 e. The molecule has 0 radical (unpaired) electrons. The minimum atomic E-state index is -1.02. The van der Waals surface area contributed by atoms with E-state index in [1.807, 2.05) is 62.3 Å². The molecular formula is C20H24F2N4O2. The van der Waals surface area contributed by atoms with Crippen LogP contribution in [-0.4, -0.2) is 51.4 Å². The zero-order chi connectivity index (χ0) is 20.8. The van der Waals surface area contributed by atoms with E-state index >= 15 is 0 Å². The summed E-state index contributed by atoms with van der Waals surface area (Å²) in [6, 6.07) is 10.4. The number of carbonyl (C=O) groups is 2. The predicted molar refractivity (Wildman–Crippen MR) is 105 cm³/mol. The predicted octanol–water partition coefficient (Wildman–Crippen LogP) is 2.39. The van der Waals surface area contributed by atoms with Crippen LogP contribution in [0.2, 0.25) is 0 Å². The molecule has 2 amide bonds. The van der Waals surface area contributed by atoms with Gasteiger partial charge >= 0.3 is 11.8 Å². The minimum Gasteiger partial charge on any atom is -0.378 e. The maximum absolute atomic E-state index is 13.6. The average Bonchev–Trinajstić information content (AvgIpc) is 2.64. The van der Waals surface area contributed by atoms with Gasteiger partial charge in [0.25, 0.3) is 0 Å². The first-order valence-electron chi connectivity index (χ1n) is 8.67. The highest BCUT2D eigenvalue weighted by atomic mass is 19.1. The molecule has 1 atom stereocenters. The Hall–Kier alpha value is -3.00. The summed E-state index contributed by atoms with van der Waals surface area (Å²) in [4.78, 5) is 28.0. The van der Waals surface area contributed by atoms with Gasteiger partial charge < -0.3 is 20.4 Å². The molecule has 0 aliphatic heterocycles. The summed E-state index contributed by atoms with van der Waals surface area (Å²) in [5, 5.41) is 4.69. The first-order chi connectivity index (χ1) is 13.2. The molecule has 0 unspecified atom stereocenters. The molecule has 0 saturated heterocycles. The van der Waals surface area contributed by atoms with Crippen molar-refractivity contribution in [3.63, 3.8) is 0 Å². The Morgan fingerprint density at radius 3 is 2.14 bits per heavy atom. The van der Waals surface area contributed by atoms with E-state index in [9.17, 15) is 18.4 Å². The highest BCUT2D eigenvalue weighted by Crippen LogP contribution is 2.21. The third-order valence-electron chi connectivity index (χ3n) is 4.26. The fraction of sp³-hybridized carbons (Fsp3) is 0.300. The molecule has 6 nitrogen and oxygen atoms in total. The molecule has 0 heterocycles. The van der Waals surface area contributed by atoms with E-state index < -0.39 is 23.4 Å². The second-order valence-corrected chi connectivity index (χ2v) is 6.75. The molecule has 2 N–H and O–H groups in total. The van der Waals surface area contributed by atoms with Crippen LogP contribution in [0.4, 0.5) is 20.2 Å². The van der Waals surface area contributed by atoms with Gasteiger partial charge in [-0.1, -0.05) is 12.1 Å². The molecule has 0 aromatic heterocycles.